The van der Waals surface area contributed by atoms with Gasteiger partial charge in [-0.05, 0) is 48.0 Å². The Hall–Kier alpha value is -4.66. The number of aromatic nitrogens is 4. The van der Waals surface area contributed by atoms with Crippen molar-refractivity contribution in [2.24, 2.45) is 0 Å². The van der Waals surface area contributed by atoms with E-state index in [9.17, 15) is 4.79 Å². The molecule has 4 aromatic heterocycles. The number of rotatable bonds is 6. The van der Waals surface area contributed by atoms with Crippen LogP contribution in [0.3, 0.4) is 0 Å². The zero-order valence-electron chi connectivity index (χ0n) is 18.7. The zero-order chi connectivity index (χ0) is 23.6. The van der Waals surface area contributed by atoms with Gasteiger partial charge < -0.3 is 19.2 Å². The van der Waals surface area contributed by atoms with E-state index in [1.165, 1.54) is 0 Å². The summed E-state index contributed by atoms with van der Waals surface area (Å²) in [5.74, 6) is 1.92. The smallest absolute Gasteiger partial charge is 0.252 e. The predicted octanol–water partition coefficient (Wildman–Crippen LogP) is 3.84. The van der Waals surface area contributed by atoms with Crippen molar-refractivity contribution in [3.05, 3.63) is 90.3 Å². The molecule has 0 unspecified atom stereocenters. The largest absolute Gasteiger partial charge is 0.486 e. The molecule has 0 fully saturated rings. The van der Waals surface area contributed by atoms with Gasteiger partial charge in [-0.25, -0.2) is 9.67 Å². The van der Waals surface area contributed by atoms with Crippen LogP contribution in [0, 0.1) is 0 Å². The Kier molecular flexibility index (Phi) is 5.34. The molecular weight excluding hydrogens is 446 g/mol. The number of nitrogens with one attached hydrogen (secondary N) is 1. The summed E-state index contributed by atoms with van der Waals surface area (Å²) in [5.41, 5.74) is 3.43. The summed E-state index contributed by atoms with van der Waals surface area (Å²) in [5, 5.41) is 8.15. The van der Waals surface area contributed by atoms with Crippen molar-refractivity contribution >= 4 is 16.9 Å². The second-order valence-corrected chi connectivity index (χ2v) is 8.08. The van der Waals surface area contributed by atoms with Crippen molar-refractivity contribution in [3.8, 4) is 22.8 Å². The monoisotopic (exact) mass is 467 g/mol. The average Bonchev–Trinajstić information content (AvgIpc) is 3.57. The number of pyridine rings is 2. The molecule has 6 rings (SSSR count). The summed E-state index contributed by atoms with van der Waals surface area (Å²) < 4.78 is 18.4. The lowest BCUT2D eigenvalue weighted by Crippen LogP contribution is -2.23. The fraction of sp³-hybridized carbons (Fsp3) is 0.154. The molecule has 0 atom stereocenters. The molecule has 0 saturated carbocycles. The number of ether oxygens (including phenoxy) is 2. The summed E-state index contributed by atoms with van der Waals surface area (Å²) in [6, 6.07) is 14.9. The Morgan fingerprint density at radius 3 is 2.77 bits per heavy atom. The molecular formula is C26H21N5O4. The highest BCUT2D eigenvalue weighted by Gasteiger charge is 2.19. The van der Waals surface area contributed by atoms with E-state index in [1.54, 1.807) is 35.6 Å². The Morgan fingerprint density at radius 2 is 1.94 bits per heavy atom. The van der Waals surface area contributed by atoms with Gasteiger partial charge in [0, 0.05) is 24.5 Å². The molecule has 0 bridgehead atoms. The number of hydrogen-bond donors (Lipinski definition) is 1. The van der Waals surface area contributed by atoms with Crippen LogP contribution < -0.4 is 14.8 Å². The van der Waals surface area contributed by atoms with Gasteiger partial charge in [-0.1, -0.05) is 6.07 Å². The molecule has 1 amide bonds. The van der Waals surface area contributed by atoms with Crippen LogP contribution in [-0.4, -0.2) is 38.9 Å². The van der Waals surface area contributed by atoms with Crippen LogP contribution in [0.25, 0.3) is 22.3 Å². The molecule has 5 heterocycles. The second kappa shape index (κ2) is 8.94. The number of nitrogens with zero attached hydrogens (tertiary/aromatic N) is 4. The summed E-state index contributed by atoms with van der Waals surface area (Å²) in [7, 11) is 0. The number of fused-ring (bicyclic) bond motifs is 2. The molecule has 1 aromatic carbocycles. The fourth-order valence-electron chi connectivity index (χ4n) is 4.04. The van der Waals surface area contributed by atoms with Gasteiger partial charge in [-0.15, -0.1) is 0 Å². The average molecular weight is 467 g/mol. The van der Waals surface area contributed by atoms with Crippen molar-refractivity contribution in [1.29, 1.82) is 0 Å². The minimum Gasteiger partial charge on any atom is -0.486 e. The first-order valence-electron chi connectivity index (χ1n) is 11.2. The Morgan fingerprint density at radius 1 is 1.03 bits per heavy atom. The van der Waals surface area contributed by atoms with Crippen LogP contribution in [0.15, 0.2) is 77.8 Å². The summed E-state index contributed by atoms with van der Waals surface area (Å²) in [4.78, 5) is 22.4. The van der Waals surface area contributed by atoms with Gasteiger partial charge in [0.15, 0.2) is 17.1 Å². The van der Waals surface area contributed by atoms with Crippen molar-refractivity contribution < 1.29 is 18.7 Å². The minimum absolute atomic E-state index is 0.227. The van der Waals surface area contributed by atoms with Gasteiger partial charge in [0.05, 0.1) is 29.1 Å². The minimum atomic E-state index is -0.227. The zero-order valence-corrected chi connectivity index (χ0v) is 18.7. The SMILES string of the molecule is O=C(NCc1ccc2c(c1)OCCO2)c1cc(-c2cccnc2)nc2c1cnn2Cc1ccco1. The fourth-order valence-corrected chi connectivity index (χ4v) is 4.04. The quantitative estimate of drug-likeness (QED) is 0.405. The van der Waals surface area contributed by atoms with Gasteiger partial charge in [0.25, 0.3) is 5.91 Å². The molecule has 1 N–H and O–H groups in total. The van der Waals surface area contributed by atoms with Crippen LogP contribution in [-0.2, 0) is 13.1 Å². The molecule has 1 aliphatic heterocycles. The number of amides is 1. The maximum atomic E-state index is 13.4. The normalized spacial score (nSPS) is 12.6. The van der Waals surface area contributed by atoms with Crippen molar-refractivity contribution in [3.63, 3.8) is 0 Å². The van der Waals surface area contributed by atoms with Gasteiger partial charge in [-0.3, -0.25) is 9.78 Å². The highest BCUT2D eigenvalue weighted by molar-refractivity contribution is 6.06. The number of carbonyl (C=O) groups is 1. The lowest BCUT2D eigenvalue weighted by molar-refractivity contribution is 0.0952. The first-order chi connectivity index (χ1) is 17.2. The third-order valence-corrected chi connectivity index (χ3v) is 5.76. The summed E-state index contributed by atoms with van der Waals surface area (Å²) in [6.07, 6.45) is 6.70. The predicted molar refractivity (Wildman–Crippen MR) is 127 cm³/mol. The first-order valence-corrected chi connectivity index (χ1v) is 11.2. The van der Waals surface area contributed by atoms with E-state index in [2.05, 4.69) is 15.4 Å². The van der Waals surface area contributed by atoms with E-state index >= 15 is 0 Å². The van der Waals surface area contributed by atoms with Crippen molar-refractivity contribution in [2.45, 2.75) is 13.1 Å². The van der Waals surface area contributed by atoms with Crippen molar-refractivity contribution in [2.75, 3.05) is 13.2 Å². The van der Waals surface area contributed by atoms with Crippen LogP contribution in [0.5, 0.6) is 11.5 Å². The lowest BCUT2D eigenvalue weighted by Gasteiger charge is -2.19. The maximum Gasteiger partial charge on any atom is 0.252 e. The molecule has 0 spiro atoms. The molecule has 0 saturated heterocycles. The standard InChI is InChI=1S/C26H21N5O4/c32-26(28-13-17-5-6-23-24(11-17)35-10-9-34-23)20-12-22(18-3-1-7-27-14-18)30-25-21(20)15-29-31(25)16-19-4-2-8-33-19/h1-8,11-12,14-15H,9-10,13,16H2,(H,28,32). The molecule has 0 aliphatic carbocycles. The number of hydrogen-bond acceptors (Lipinski definition) is 7. The van der Waals surface area contributed by atoms with Crippen LogP contribution in [0.1, 0.15) is 21.7 Å². The van der Waals surface area contributed by atoms with E-state index in [0.29, 0.717) is 60.1 Å². The lowest BCUT2D eigenvalue weighted by atomic mass is 10.1. The van der Waals surface area contributed by atoms with Gasteiger partial charge in [0.2, 0.25) is 0 Å². The Labute approximate surface area is 200 Å². The maximum absolute atomic E-state index is 13.4. The highest BCUT2D eigenvalue weighted by atomic mass is 16.6. The van der Waals surface area contributed by atoms with Crippen LogP contribution in [0.4, 0.5) is 0 Å². The molecule has 5 aromatic rings. The van der Waals surface area contributed by atoms with Crippen molar-refractivity contribution in [1.82, 2.24) is 25.1 Å². The highest BCUT2D eigenvalue weighted by Crippen LogP contribution is 2.31. The number of furan rings is 1. The van der Waals surface area contributed by atoms with E-state index in [4.69, 9.17) is 18.9 Å². The molecule has 0 radical (unpaired) electrons. The molecule has 9 heteroatoms. The van der Waals surface area contributed by atoms with Gasteiger partial charge in [0.1, 0.15) is 25.5 Å². The van der Waals surface area contributed by atoms with E-state index in [0.717, 1.165) is 16.9 Å². The van der Waals surface area contributed by atoms with E-state index in [-0.39, 0.29) is 5.91 Å². The molecule has 1 aliphatic rings. The Balaban J connectivity index is 1.33. The molecule has 9 nitrogen and oxygen atoms in total. The summed E-state index contributed by atoms with van der Waals surface area (Å²) in [6.45, 7) is 1.78. The van der Waals surface area contributed by atoms with Crippen LogP contribution >= 0.6 is 0 Å². The third-order valence-electron chi connectivity index (χ3n) is 5.76. The summed E-state index contributed by atoms with van der Waals surface area (Å²) >= 11 is 0. The Bertz CT molecular complexity index is 1500. The van der Waals surface area contributed by atoms with Crippen LogP contribution in [0.2, 0.25) is 0 Å². The number of carbonyl (C=O) groups excluding carboxylic acids is 1. The first kappa shape index (κ1) is 20.9. The third kappa shape index (κ3) is 4.19. The topological polar surface area (TPSA) is 104 Å². The van der Waals surface area contributed by atoms with Gasteiger partial charge >= 0.3 is 0 Å². The van der Waals surface area contributed by atoms with E-state index < -0.39 is 0 Å². The molecule has 174 valence electrons. The number of benzene rings is 1. The van der Waals surface area contributed by atoms with Gasteiger partial charge in [-0.2, -0.15) is 5.10 Å². The van der Waals surface area contributed by atoms with E-state index in [1.807, 2.05) is 42.5 Å². The molecule has 35 heavy (non-hydrogen) atoms. The second-order valence-electron chi connectivity index (χ2n) is 8.08.